The van der Waals surface area contributed by atoms with Crippen molar-refractivity contribution >= 4 is 22.8 Å². The average Bonchev–Trinajstić information content (AvgIpc) is 3.03. The summed E-state index contributed by atoms with van der Waals surface area (Å²) < 4.78 is 17.6. The van der Waals surface area contributed by atoms with Crippen LogP contribution in [0.1, 0.15) is 18.4 Å². The summed E-state index contributed by atoms with van der Waals surface area (Å²) in [5.74, 6) is -0.551. The molecule has 18 heavy (non-hydrogen) atoms. The second-order valence-corrected chi connectivity index (χ2v) is 5.94. The molecule has 1 spiro atoms. The van der Waals surface area contributed by atoms with Gasteiger partial charge in [0.1, 0.15) is 5.82 Å². The Morgan fingerprint density at radius 3 is 2.67 bits per heavy atom. The molecule has 1 fully saturated rings. The van der Waals surface area contributed by atoms with Crippen molar-refractivity contribution in [3.05, 3.63) is 35.6 Å². The number of ether oxygens (including phenoxy) is 1. The van der Waals surface area contributed by atoms with Gasteiger partial charge in [-0.25, -0.2) is 9.18 Å². The van der Waals surface area contributed by atoms with Gasteiger partial charge in [-0.1, -0.05) is 11.8 Å². The molecule has 0 bridgehead atoms. The van der Waals surface area contributed by atoms with E-state index in [1.165, 1.54) is 19.2 Å². The maximum absolute atomic E-state index is 12.9. The van der Waals surface area contributed by atoms with E-state index in [1.807, 2.05) is 0 Å². The second-order valence-electron chi connectivity index (χ2n) is 4.53. The predicted molar refractivity (Wildman–Crippen MR) is 68.3 cm³/mol. The van der Waals surface area contributed by atoms with E-state index in [9.17, 15) is 9.18 Å². The summed E-state index contributed by atoms with van der Waals surface area (Å²) in [5.41, 5.74) is 0.860. The summed E-state index contributed by atoms with van der Waals surface area (Å²) in [6.45, 7) is 0. The Kier molecular flexibility index (Phi) is 2.66. The lowest BCUT2D eigenvalue weighted by molar-refractivity contribution is -0.142. The Morgan fingerprint density at radius 1 is 1.44 bits per heavy atom. The van der Waals surface area contributed by atoms with E-state index >= 15 is 0 Å². The quantitative estimate of drug-likeness (QED) is 0.771. The molecule has 0 saturated heterocycles. The lowest BCUT2D eigenvalue weighted by Crippen LogP contribution is -2.29. The number of nitrogens with zero attached hydrogens (tertiary/aromatic N) is 1. The molecule has 1 aromatic carbocycles. The summed E-state index contributed by atoms with van der Waals surface area (Å²) in [6.07, 6.45) is 1.96. The van der Waals surface area contributed by atoms with Crippen LogP contribution in [-0.2, 0) is 9.53 Å². The van der Waals surface area contributed by atoms with Gasteiger partial charge in [-0.05, 0) is 37.1 Å². The fourth-order valence-corrected chi connectivity index (χ4v) is 3.48. The molecule has 1 heterocycles. The summed E-state index contributed by atoms with van der Waals surface area (Å²) >= 11 is 1.62. The van der Waals surface area contributed by atoms with Crippen LogP contribution in [0.3, 0.4) is 0 Å². The van der Waals surface area contributed by atoms with Gasteiger partial charge in [0.05, 0.1) is 16.9 Å². The number of aliphatic imine (C=N–C) groups is 1. The zero-order valence-corrected chi connectivity index (χ0v) is 10.7. The Bertz CT molecular complexity index is 522. The molecular formula is C13H12FNO2S. The van der Waals surface area contributed by atoms with Crippen LogP contribution < -0.4 is 0 Å². The summed E-state index contributed by atoms with van der Waals surface area (Å²) in [4.78, 5) is 16.2. The molecule has 0 radical (unpaired) electrons. The number of rotatable bonds is 2. The molecule has 3 nitrogen and oxygen atoms in total. The van der Waals surface area contributed by atoms with Crippen LogP contribution in [-0.4, -0.2) is 28.9 Å². The van der Waals surface area contributed by atoms with Crippen molar-refractivity contribution in [1.29, 1.82) is 0 Å². The highest BCUT2D eigenvalue weighted by molar-refractivity contribution is 8.16. The Morgan fingerprint density at radius 2 is 2.11 bits per heavy atom. The zero-order valence-electron chi connectivity index (χ0n) is 9.85. The molecule has 2 aliphatic rings. The molecule has 1 aliphatic carbocycles. The summed E-state index contributed by atoms with van der Waals surface area (Å²) in [5, 5.41) is 0.808. The number of thioether (sulfide) groups is 1. The average molecular weight is 265 g/mol. The molecule has 1 atom stereocenters. The highest BCUT2D eigenvalue weighted by Gasteiger charge is 2.58. The van der Waals surface area contributed by atoms with E-state index in [1.54, 1.807) is 23.9 Å². The van der Waals surface area contributed by atoms with Crippen molar-refractivity contribution in [2.45, 2.75) is 23.6 Å². The van der Waals surface area contributed by atoms with Gasteiger partial charge >= 0.3 is 5.97 Å². The highest BCUT2D eigenvalue weighted by Crippen LogP contribution is 2.57. The number of carbonyl (C=O) groups is 1. The lowest BCUT2D eigenvalue weighted by atomic mass is 10.2. The predicted octanol–water partition coefficient (Wildman–Crippen LogP) is 2.39. The minimum absolute atomic E-state index is 0.100. The normalized spacial score (nSPS) is 23.9. The van der Waals surface area contributed by atoms with Gasteiger partial charge in [0.15, 0.2) is 6.04 Å². The molecule has 5 heteroatoms. The van der Waals surface area contributed by atoms with Crippen LogP contribution in [0.15, 0.2) is 29.3 Å². The number of esters is 1. The molecule has 94 valence electrons. The van der Waals surface area contributed by atoms with Gasteiger partial charge < -0.3 is 4.74 Å². The second kappa shape index (κ2) is 4.09. The van der Waals surface area contributed by atoms with E-state index in [4.69, 9.17) is 4.74 Å². The number of hydrogen-bond acceptors (Lipinski definition) is 4. The molecular weight excluding hydrogens is 253 g/mol. The first kappa shape index (κ1) is 11.7. The summed E-state index contributed by atoms with van der Waals surface area (Å²) in [6, 6.07) is 5.79. The van der Waals surface area contributed by atoms with Crippen LogP contribution in [0.4, 0.5) is 4.39 Å². The van der Waals surface area contributed by atoms with Gasteiger partial charge in [0, 0.05) is 5.56 Å². The third-order valence-electron chi connectivity index (χ3n) is 3.30. The number of carbonyl (C=O) groups excluding carboxylic acids is 1. The van der Waals surface area contributed by atoms with Crippen molar-refractivity contribution in [2.75, 3.05) is 7.11 Å². The van der Waals surface area contributed by atoms with Gasteiger partial charge in [-0.2, -0.15) is 0 Å². The Labute approximate surface area is 108 Å². The van der Waals surface area contributed by atoms with Crippen molar-refractivity contribution in [1.82, 2.24) is 0 Å². The topological polar surface area (TPSA) is 38.7 Å². The summed E-state index contributed by atoms with van der Waals surface area (Å²) in [7, 11) is 1.38. The molecule has 1 unspecified atom stereocenters. The number of halogens is 1. The van der Waals surface area contributed by atoms with Crippen LogP contribution in [0.5, 0.6) is 0 Å². The molecule has 1 aromatic rings. The first-order valence-electron chi connectivity index (χ1n) is 5.75. The van der Waals surface area contributed by atoms with E-state index < -0.39 is 6.04 Å². The third kappa shape index (κ3) is 1.82. The van der Waals surface area contributed by atoms with Crippen LogP contribution in [0.25, 0.3) is 0 Å². The largest absolute Gasteiger partial charge is 0.467 e. The number of hydrogen-bond donors (Lipinski definition) is 0. The number of benzene rings is 1. The minimum Gasteiger partial charge on any atom is -0.467 e. The zero-order chi connectivity index (χ0) is 12.8. The van der Waals surface area contributed by atoms with Crippen molar-refractivity contribution in [2.24, 2.45) is 4.99 Å². The standard InChI is InChI=1S/C13H12FNO2S/c1-17-12(16)10-13(6-7-13)18-11(15-10)8-2-4-9(14)5-3-8/h2-5,10H,6-7H2,1H3. The van der Waals surface area contributed by atoms with Crippen LogP contribution in [0.2, 0.25) is 0 Å². The first-order valence-corrected chi connectivity index (χ1v) is 6.57. The van der Waals surface area contributed by atoms with E-state index in [0.29, 0.717) is 0 Å². The highest BCUT2D eigenvalue weighted by atomic mass is 32.2. The van der Waals surface area contributed by atoms with Gasteiger partial charge in [-0.3, -0.25) is 4.99 Å². The van der Waals surface area contributed by atoms with Crippen LogP contribution in [0, 0.1) is 5.82 Å². The maximum atomic E-state index is 12.9. The smallest absolute Gasteiger partial charge is 0.332 e. The number of methoxy groups -OCH3 is 1. The van der Waals surface area contributed by atoms with Gasteiger partial charge in [-0.15, -0.1) is 0 Å². The van der Waals surface area contributed by atoms with Crippen molar-refractivity contribution in [3.8, 4) is 0 Å². The SMILES string of the molecule is COC(=O)C1N=C(c2ccc(F)cc2)SC12CC2. The fourth-order valence-electron chi connectivity index (χ4n) is 2.11. The molecule has 0 amide bonds. The molecule has 3 rings (SSSR count). The molecule has 0 N–H and O–H groups in total. The van der Waals surface area contributed by atoms with Crippen molar-refractivity contribution in [3.63, 3.8) is 0 Å². The lowest BCUT2D eigenvalue weighted by Gasteiger charge is -2.12. The van der Waals surface area contributed by atoms with E-state index in [2.05, 4.69) is 4.99 Å². The minimum atomic E-state index is -0.410. The first-order chi connectivity index (χ1) is 8.64. The Hall–Kier alpha value is -1.36. The molecule has 1 aliphatic heterocycles. The Balaban J connectivity index is 1.90. The van der Waals surface area contributed by atoms with E-state index in [0.717, 1.165) is 23.4 Å². The van der Waals surface area contributed by atoms with Crippen LogP contribution >= 0.6 is 11.8 Å². The van der Waals surface area contributed by atoms with Gasteiger partial charge in [0.2, 0.25) is 0 Å². The molecule has 0 aromatic heterocycles. The monoisotopic (exact) mass is 265 g/mol. The van der Waals surface area contributed by atoms with Gasteiger partial charge in [0.25, 0.3) is 0 Å². The fraction of sp³-hybridized carbons (Fsp3) is 0.385. The molecule has 1 saturated carbocycles. The third-order valence-corrected chi connectivity index (χ3v) is 4.88. The van der Waals surface area contributed by atoms with E-state index in [-0.39, 0.29) is 16.5 Å². The maximum Gasteiger partial charge on any atom is 0.332 e. The van der Waals surface area contributed by atoms with Crippen molar-refractivity contribution < 1.29 is 13.9 Å².